The number of carbonyl (C=O) groups is 1. The lowest BCUT2D eigenvalue weighted by Gasteiger charge is -1.98. The van der Waals surface area contributed by atoms with Crippen molar-refractivity contribution in [3.05, 3.63) is 24.3 Å². The van der Waals surface area contributed by atoms with E-state index in [2.05, 4.69) is 6.08 Å². The molecule has 1 nitrogen and oxygen atoms in total. The second-order valence-electron chi connectivity index (χ2n) is 3.00. The van der Waals surface area contributed by atoms with Crippen molar-refractivity contribution >= 4 is 6.29 Å². The van der Waals surface area contributed by atoms with Gasteiger partial charge in [-0.2, -0.15) is 0 Å². The Hall–Kier alpha value is -0.850. The van der Waals surface area contributed by atoms with Gasteiger partial charge in [-0.3, -0.25) is 0 Å². The van der Waals surface area contributed by atoms with Gasteiger partial charge in [0.25, 0.3) is 0 Å². The molecule has 68 valence electrons. The van der Waals surface area contributed by atoms with Crippen LogP contribution in [0.15, 0.2) is 24.3 Å². The number of aldehydes is 1. The largest absolute Gasteiger partial charge is 0.303 e. The summed E-state index contributed by atoms with van der Waals surface area (Å²) in [4.78, 5) is 10.2. The SMILES string of the molecule is C/C=C/C=C/CCCC(C)C=O. The molecule has 1 unspecified atom stereocenters. The van der Waals surface area contributed by atoms with Crippen molar-refractivity contribution in [2.75, 3.05) is 0 Å². The van der Waals surface area contributed by atoms with Gasteiger partial charge < -0.3 is 4.79 Å². The second-order valence-corrected chi connectivity index (χ2v) is 3.00. The van der Waals surface area contributed by atoms with E-state index in [0.717, 1.165) is 25.5 Å². The van der Waals surface area contributed by atoms with Gasteiger partial charge >= 0.3 is 0 Å². The first-order valence-electron chi connectivity index (χ1n) is 4.54. The molecule has 0 radical (unpaired) electrons. The molecule has 0 aliphatic carbocycles. The topological polar surface area (TPSA) is 17.1 Å². The molecule has 1 heteroatoms. The molecule has 0 aromatic heterocycles. The fourth-order valence-electron chi connectivity index (χ4n) is 0.912. The van der Waals surface area contributed by atoms with Gasteiger partial charge in [0.05, 0.1) is 0 Å². The summed E-state index contributed by atoms with van der Waals surface area (Å²) in [6.07, 6.45) is 12.4. The van der Waals surface area contributed by atoms with Crippen molar-refractivity contribution in [2.45, 2.75) is 33.1 Å². The third kappa shape index (κ3) is 7.26. The van der Waals surface area contributed by atoms with Crippen LogP contribution in [0.4, 0.5) is 0 Å². The zero-order chi connectivity index (χ0) is 9.23. The van der Waals surface area contributed by atoms with Crippen LogP contribution in [0, 0.1) is 5.92 Å². The van der Waals surface area contributed by atoms with Crippen LogP contribution < -0.4 is 0 Å². The van der Waals surface area contributed by atoms with Crippen LogP contribution in [-0.2, 0) is 4.79 Å². The van der Waals surface area contributed by atoms with Crippen LogP contribution in [0.25, 0.3) is 0 Å². The van der Waals surface area contributed by atoms with E-state index in [-0.39, 0.29) is 5.92 Å². The molecule has 12 heavy (non-hydrogen) atoms. The minimum Gasteiger partial charge on any atom is -0.303 e. The highest BCUT2D eigenvalue weighted by atomic mass is 16.1. The third-order valence-corrected chi connectivity index (χ3v) is 1.70. The van der Waals surface area contributed by atoms with E-state index in [1.54, 1.807) is 0 Å². The molecule has 0 fully saturated rings. The van der Waals surface area contributed by atoms with E-state index < -0.39 is 0 Å². The number of allylic oxidation sites excluding steroid dienone is 4. The molecule has 0 amide bonds. The summed E-state index contributed by atoms with van der Waals surface area (Å²) in [6, 6.07) is 0. The van der Waals surface area contributed by atoms with Crippen molar-refractivity contribution in [1.29, 1.82) is 0 Å². The van der Waals surface area contributed by atoms with Crippen molar-refractivity contribution < 1.29 is 4.79 Å². The summed E-state index contributed by atoms with van der Waals surface area (Å²) in [6.45, 7) is 3.96. The van der Waals surface area contributed by atoms with Gasteiger partial charge in [0.1, 0.15) is 6.29 Å². The quantitative estimate of drug-likeness (QED) is 0.336. The minimum absolute atomic E-state index is 0.222. The van der Waals surface area contributed by atoms with Crippen molar-refractivity contribution in [2.24, 2.45) is 5.92 Å². The zero-order valence-electron chi connectivity index (χ0n) is 7.99. The lowest BCUT2D eigenvalue weighted by molar-refractivity contribution is -0.110. The average Bonchev–Trinajstić information content (AvgIpc) is 2.10. The first kappa shape index (κ1) is 11.2. The first-order valence-corrected chi connectivity index (χ1v) is 4.54. The van der Waals surface area contributed by atoms with Crippen LogP contribution >= 0.6 is 0 Å². The van der Waals surface area contributed by atoms with Crippen molar-refractivity contribution in [1.82, 2.24) is 0 Å². The van der Waals surface area contributed by atoms with Gasteiger partial charge in [0.2, 0.25) is 0 Å². The highest BCUT2D eigenvalue weighted by molar-refractivity contribution is 5.52. The van der Waals surface area contributed by atoms with Gasteiger partial charge in [-0.1, -0.05) is 31.2 Å². The Morgan fingerprint density at radius 1 is 1.33 bits per heavy atom. The number of carbonyl (C=O) groups excluding carboxylic acids is 1. The Balaban J connectivity index is 3.26. The Kier molecular flexibility index (Phi) is 7.66. The predicted molar refractivity (Wildman–Crippen MR) is 53.0 cm³/mol. The summed E-state index contributed by atoms with van der Waals surface area (Å²) in [7, 11) is 0. The van der Waals surface area contributed by atoms with E-state index in [1.165, 1.54) is 0 Å². The molecule has 0 saturated carbocycles. The molecule has 0 heterocycles. The number of unbranched alkanes of at least 4 members (excludes halogenated alkanes) is 1. The summed E-state index contributed by atoms with van der Waals surface area (Å²) in [5, 5.41) is 0. The third-order valence-electron chi connectivity index (χ3n) is 1.70. The highest BCUT2D eigenvalue weighted by Crippen LogP contribution is 2.05. The molecular weight excluding hydrogens is 148 g/mol. The molecule has 0 aromatic carbocycles. The second kappa shape index (κ2) is 8.25. The number of hydrogen-bond acceptors (Lipinski definition) is 1. The summed E-state index contributed by atoms with van der Waals surface area (Å²) >= 11 is 0. The molecule has 0 saturated heterocycles. The molecular formula is C11H18O. The zero-order valence-corrected chi connectivity index (χ0v) is 7.99. The standard InChI is InChI=1S/C11H18O/c1-3-4-5-6-7-8-9-11(2)10-12/h3-6,10-11H,7-9H2,1-2H3/b4-3+,6-5+. The molecule has 0 aromatic rings. The molecule has 0 aliphatic heterocycles. The minimum atomic E-state index is 0.222. The Morgan fingerprint density at radius 2 is 2.08 bits per heavy atom. The van der Waals surface area contributed by atoms with Gasteiger partial charge in [-0.05, 0) is 26.2 Å². The van der Waals surface area contributed by atoms with Gasteiger partial charge in [0, 0.05) is 5.92 Å². The smallest absolute Gasteiger partial charge is 0.122 e. The van der Waals surface area contributed by atoms with Gasteiger partial charge in [-0.15, -0.1) is 0 Å². The fraction of sp³-hybridized carbons (Fsp3) is 0.545. The normalized spacial score (nSPS) is 14.2. The molecule has 0 aliphatic rings. The Bertz CT molecular complexity index is 156. The van der Waals surface area contributed by atoms with Crippen molar-refractivity contribution in [3.8, 4) is 0 Å². The molecule has 0 rings (SSSR count). The maximum Gasteiger partial charge on any atom is 0.122 e. The summed E-state index contributed by atoms with van der Waals surface area (Å²) in [5.74, 6) is 0.222. The van der Waals surface area contributed by atoms with E-state index in [9.17, 15) is 4.79 Å². The monoisotopic (exact) mass is 166 g/mol. The van der Waals surface area contributed by atoms with Crippen LogP contribution in [0.2, 0.25) is 0 Å². The van der Waals surface area contributed by atoms with E-state index in [1.807, 2.05) is 32.1 Å². The molecule has 0 bridgehead atoms. The summed E-state index contributed by atoms with van der Waals surface area (Å²) in [5.41, 5.74) is 0. The lowest BCUT2D eigenvalue weighted by atomic mass is 10.1. The van der Waals surface area contributed by atoms with Gasteiger partial charge in [0.15, 0.2) is 0 Å². The lowest BCUT2D eigenvalue weighted by Crippen LogP contribution is -1.93. The summed E-state index contributed by atoms with van der Waals surface area (Å²) < 4.78 is 0. The maximum atomic E-state index is 10.2. The fourth-order valence-corrected chi connectivity index (χ4v) is 0.912. The van der Waals surface area contributed by atoms with Gasteiger partial charge in [-0.25, -0.2) is 0 Å². The van der Waals surface area contributed by atoms with Crippen LogP contribution in [0.5, 0.6) is 0 Å². The highest BCUT2D eigenvalue weighted by Gasteiger charge is 1.96. The van der Waals surface area contributed by atoms with Crippen molar-refractivity contribution in [3.63, 3.8) is 0 Å². The number of rotatable bonds is 6. The maximum absolute atomic E-state index is 10.2. The van der Waals surface area contributed by atoms with Crippen LogP contribution in [-0.4, -0.2) is 6.29 Å². The average molecular weight is 166 g/mol. The van der Waals surface area contributed by atoms with E-state index in [4.69, 9.17) is 0 Å². The first-order chi connectivity index (χ1) is 5.81. The van der Waals surface area contributed by atoms with E-state index in [0.29, 0.717) is 0 Å². The Labute approximate surface area is 75.2 Å². The Morgan fingerprint density at radius 3 is 2.67 bits per heavy atom. The predicted octanol–water partition coefficient (Wildman–Crippen LogP) is 3.12. The molecule has 1 atom stereocenters. The van der Waals surface area contributed by atoms with Crippen LogP contribution in [0.3, 0.4) is 0 Å². The number of hydrogen-bond donors (Lipinski definition) is 0. The van der Waals surface area contributed by atoms with Crippen LogP contribution in [0.1, 0.15) is 33.1 Å². The van der Waals surface area contributed by atoms with E-state index >= 15 is 0 Å². The molecule has 0 N–H and O–H groups in total. The molecule has 0 spiro atoms.